The molecule has 0 aliphatic heterocycles. The molecule has 0 unspecified atom stereocenters. The number of carbonyl (C=O) groups excluding carboxylic acids is 2. The average Bonchev–Trinajstić information content (AvgIpc) is 3.59. The third-order valence-corrected chi connectivity index (χ3v) is 6.32. The lowest BCUT2D eigenvalue weighted by atomic mass is 10.1. The van der Waals surface area contributed by atoms with E-state index in [0.29, 0.717) is 34.3 Å². The molecule has 1 aliphatic carbocycles. The lowest BCUT2D eigenvalue weighted by Crippen LogP contribution is -2.45. The summed E-state index contributed by atoms with van der Waals surface area (Å²) in [6, 6.07) is 10.9. The summed E-state index contributed by atoms with van der Waals surface area (Å²) in [7, 11) is 4.63. The van der Waals surface area contributed by atoms with Gasteiger partial charge in [0.05, 0.1) is 27.0 Å². The van der Waals surface area contributed by atoms with Crippen LogP contribution >= 0.6 is 0 Å². The maximum atomic E-state index is 13.5. The summed E-state index contributed by atoms with van der Waals surface area (Å²) in [5.41, 5.74) is 2.10. The van der Waals surface area contributed by atoms with E-state index in [1.165, 1.54) is 16.8 Å². The van der Waals surface area contributed by atoms with E-state index in [0.717, 1.165) is 31.2 Å². The Kier molecular flexibility index (Phi) is 8.22. The number of rotatable bonds is 10. The fourth-order valence-electron chi connectivity index (χ4n) is 4.41. The highest BCUT2D eigenvalue weighted by atomic mass is 16.5. The summed E-state index contributed by atoms with van der Waals surface area (Å²) >= 11 is 0. The predicted octanol–water partition coefficient (Wildman–Crippen LogP) is 2.77. The number of tetrazole rings is 1. The molecule has 2 aromatic carbocycles. The molecule has 0 atom stereocenters. The van der Waals surface area contributed by atoms with Crippen LogP contribution in [0.4, 0.5) is 5.69 Å². The van der Waals surface area contributed by atoms with Gasteiger partial charge in [-0.3, -0.25) is 14.5 Å². The SMILES string of the molecule is COc1ccc(-c2nnn(CC(=O)N(CC(=O)NC3CCCC3)c3cc(C)ccc3OC)n2)cc1OC. The van der Waals surface area contributed by atoms with E-state index in [4.69, 9.17) is 14.2 Å². The van der Waals surface area contributed by atoms with Crippen LogP contribution in [0, 0.1) is 6.92 Å². The average molecular weight is 509 g/mol. The summed E-state index contributed by atoms with van der Waals surface area (Å²) in [6.45, 7) is 1.55. The number of aromatic nitrogens is 4. The second-order valence-electron chi connectivity index (χ2n) is 8.92. The van der Waals surface area contributed by atoms with Gasteiger partial charge in [-0.2, -0.15) is 4.80 Å². The fraction of sp³-hybridized carbons (Fsp3) is 0.423. The normalized spacial score (nSPS) is 13.3. The first kappa shape index (κ1) is 25.9. The Morgan fingerprint density at radius 3 is 2.41 bits per heavy atom. The van der Waals surface area contributed by atoms with Crippen LogP contribution in [-0.4, -0.2) is 65.9 Å². The van der Waals surface area contributed by atoms with Gasteiger partial charge in [-0.05, 0) is 60.9 Å². The van der Waals surface area contributed by atoms with Gasteiger partial charge in [0.25, 0.3) is 5.91 Å². The number of amides is 2. The van der Waals surface area contributed by atoms with Crippen molar-refractivity contribution in [1.82, 2.24) is 25.5 Å². The van der Waals surface area contributed by atoms with Gasteiger partial charge in [0.15, 0.2) is 11.5 Å². The third kappa shape index (κ3) is 6.16. The monoisotopic (exact) mass is 508 g/mol. The molecule has 1 aliphatic rings. The maximum absolute atomic E-state index is 13.5. The Morgan fingerprint density at radius 2 is 1.70 bits per heavy atom. The molecular weight excluding hydrogens is 476 g/mol. The number of aryl methyl sites for hydroxylation is 1. The first-order chi connectivity index (χ1) is 17.9. The molecule has 0 bridgehead atoms. The number of carbonyl (C=O) groups is 2. The van der Waals surface area contributed by atoms with Gasteiger partial charge in [0.2, 0.25) is 11.7 Å². The van der Waals surface area contributed by atoms with Crippen LogP contribution in [-0.2, 0) is 16.1 Å². The van der Waals surface area contributed by atoms with Gasteiger partial charge in [-0.15, -0.1) is 10.2 Å². The van der Waals surface area contributed by atoms with Crippen molar-refractivity contribution < 1.29 is 23.8 Å². The topological polar surface area (TPSA) is 121 Å². The van der Waals surface area contributed by atoms with Crippen LogP contribution in [0.5, 0.6) is 17.2 Å². The molecule has 1 N–H and O–H groups in total. The Hall–Kier alpha value is -4.15. The number of nitrogens with one attached hydrogen (secondary N) is 1. The van der Waals surface area contributed by atoms with Crippen molar-refractivity contribution in [2.24, 2.45) is 0 Å². The van der Waals surface area contributed by atoms with Crippen LogP contribution in [0.2, 0.25) is 0 Å². The van der Waals surface area contributed by atoms with Crippen LogP contribution in [0.1, 0.15) is 31.2 Å². The number of methoxy groups -OCH3 is 3. The van der Waals surface area contributed by atoms with Gasteiger partial charge in [0.1, 0.15) is 18.8 Å². The zero-order chi connectivity index (χ0) is 26.4. The molecule has 1 heterocycles. The highest BCUT2D eigenvalue weighted by Crippen LogP contribution is 2.31. The third-order valence-electron chi connectivity index (χ3n) is 6.32. The minimum absolute atomic E-state index is 0.143. The highest BCUT2D eigenvalue weighted by Gasteiger charge is 2.26. The molecule has 4 rings (SSSR count). The van der Waals surface area contributed by atoms with Gasteiger partial charge in [-0.1, -0.05) is 18.9 Å². The molecule has 11 nitrogen and oxygen atoms in total. The first-order valence-electron chi connectivity index (χ1n) is 12.2. The van der Waals surface area contributed by atoms with E-state index < -0.39 is 0 Å². The summed E-state index contributed by atoms with van der Waals surface area (Å²) in [4.78, 5) is 29.0. The van der Waals surface area contributed by atoms with Crippen molar-refractivity contribution in [2.45, 2.75) is 45.2 Å². The highest BCUT2D eigenvalue weighted by molar-refractivity contribution is 6.00. The summed E-state index contributed by atoms with van der Waals surface area (Å²) in [5.74, 6) is 1.33. The number of benzene rings is 2. The molecule has 0 spiro atoms. The Bertz CT molecular complexity index is 1250. The van der Waals surface area contributed by atoms with E-state index in [1.807, 2.05) is 19.1 Å². The Morgan fingerprint density at radius 1 is 1.00 bits per heavy atom. The molecule has 11 heteroatoms. The standard InChI is InChI=1S/C26H32N6O5/c1-17-9-11-21(35-2)20(13-17)31(15-24(33)27-19-7-5-6-8-19)25(34)16-32-29-26(28-30-32)18-10-12-22(36-3)23(14-18)37-4/h9-14,19H,5-8,15-16H2,1-4H3,(H,27,33). The van der Waals surface area contributed by atoms with E-state index in [2.05, 4.69) is 20.7 Å². The van der Waals surface area contributed by atoms with Crippen molar-refractivity contribution in [1.29, 1.82) is 0 Å². The summed E-state index contributed by atoms with van der Waals surface area (Å²) in [5, 5.41) is 15.6. The molecule has 37 heavy (non-hydrogen) atoms. The number of nitrogens with zero attached hydrogens (tertiary/aromatic N) is 5. The lowest BCUT2D eigenvalue weighted by molar-refractivity contribution is -0.124. The largest absolute Gasteiger partial charge is 0.495 e. The van der Waals surface area contributed by atoms with E-state index in [1.54, 1.807) is 38.5 Å². The minimum Gasteiger partial charge on any atom is -0.495 e. The molecule has 0 saturated heterocycles. The van der Waals surface area contributed by atoms with E-state index in [-0.39, 0.29) is 30.9 Å². The smallest absolute Gasteiger partial charge is 0.251 e. The molecule has 196 valence electrons. The Labute approximate surface area is 215 Å². The van der Waals surface area contributed by atoms with E-state index >= 15 is 0 Å². The van der Waals surface area contributed by atoms with Crippen molar-refractivity contribution in [2.75, 3.05) is 32.8 Å². The number of ether oxygens (including phenoxy) is 3. The quantitative estimate of drug-likeness (QED) is 0.444. The van der Waals surface area contributed by atoms with Gasteiger partial charge >= 0.3 is 0 Å². The maximum Gasteiger partial charge on any atom is 0.251 e. The summed E-state index contributed by atoms with van der Waals surface area (Å²) < 4.78 is 16.1. The first-order valence-corrected chi connectivity index (χ1v) is 12.2. The molecule has 1 saturated carbocycles. The zero-order valence-corrected chi connectivity index (χ0v) is 21.6. The van der Waals surface area contributed by atoms with Gasteiger partial charge in [0, 0.05) is 11.6 Å². The molecule has 3 aromatic rings. The van der Waals surface area contributed by atoms with Gasteiger partial charge < -0.3 is 19.5 Å². The van der Waals surface area contributed by atoms with Crippen molar-refractivity contribution in [3.8, 4) is 28.6 Å². The summed E-state index contributed by atoms with van der Waals surface area (Å²) in [6.07, 6.45) is 4.10. The van der Waals surface area contributed by atoms with E-state index in [9.17, 15) is 9.59 Å². The number of anilines is 1. The minimum atomic E-state index is -0.373. The molecule has 0 radical (unpaired) electrons. The number of hydrogen-bond acceptors (Lipinski definition) is 8. The second-order valence-corrected chi connectivity index (χ2v) is 8.92. The second kappa shape index (κ2) is 11.7. The van der Waals surface area contributed by atoms with Crippen molar-refractivity contribution in [3.63, 3.8) is 0 Å². The van der Waals surface area contributed by atoms with Crippen molar-refractivity contribution in [3.05, 3.63) is 42.0 Å². The number of hydrogen-bond donors (Lipinski definition) is 1. The zero-order valence-electron chi connectivity index (χ0n) is 21.6. The van der Waals surface area contributed by atoms with Crippen LogP contribution < -0.4 is 24.4 Å². The molecule has 1 fully saturated rings. The van der Waals surface area contributed by atoms with Crippen LogP contribution in [0.25, 0.3) is 11.4 Å². The van der Waals surface area contributed by atoms with Gasteiger partial charge in [-0.25, -0.2) is 0 Å². The Balaban J connectivity index is 1.56. The lowest BCUT2D eigenvalue weighted by Gasteiger charge is -2.25. The predicted molar refractivity (Wildman–Crippen MR) is 137 cm³/mol. The molecule has 2 amide bonds. The van der Waals surface area contributed by atoms with Crippen LogP contribution in [0.15, 0.2) is 36.4 Å². The molecular formula is C26H32N6O5. The van der Waals surface area contributed by atoms with Crippen LogP contribution in [0.3, 0.4) is 0 Å². The fourth-order valence-corrected chi connectivity index (χ4v) is 4.41. The molecule has 1 aromatic heterocycles. The van der Waals surface area contributed by atoms with Crippen molar-refractivity contribution >= 4 is 17.5 Å².